The standard InChI is InChI=1S/C8H6ClF3N2/c1-5-2-3-13-6(4-5)14-7(9)8(10,11)12/h2-4H,1H3. The van der Waals surface area contributed by atoms with Gasteiger partial charge in [0.05, 0.1) is 0 Å². The summed E-state index contributed by atoms with van der Waals surface area (Å²) < 4.78 is 35.8. The molecule has 0 atom stereocenters. The second-order valence-electron chi connectivity index (χ2n) is 2.59. The van der Waals surface area contributed by atoms with Gasteiger partial charge in [-0.25, -0.2) is 9.98 Å². The third kappa shape index (κ3) is 2.99. The molecule has 0 spiro atoms. The SMILES string of the molecule is Cc1ccnc(N=C(Cl)C(F)(F)F)c1. The Kier molecular flexibility index (Phi) is 3.10. The summed E-state index contributed by atoms with van der Waals surface area (Å²) in [5, 5.41) is -1.42. The van der Waals surface area contributed by atoms with Crippen LogP contribution in [0.4, 0.5) is 19.0 Å². The van der Waals surface area contributed by atoms with Crippen LogP contribution in [0.2, 0.25) is 0 Å². The number of hydrogen-bond donors (Lipinski definition) is 0. The zero-order valence-electron chi connectivity index (χ0n) is 7.14. The molecule has 76 valence electrons. The van der Waals surface area contributed by atoms with Gasteiger partial charge in [-0.15, -0.1) is 0 Å². The number of halogens is 4. The van der Waals surface area contributed by atoms with Gasteiger partial charge in [-0.05, 0) is 24.6 Å². The lowest BCUT2D eigenvalue weighted by molar-refractivity contribution is -0.0558. The van der Waals surface area contributed by atoms with Gasteiger partial charge in [0.2, 0.25) is 5.17 Å². The van der Waals surface area contributed by atoms with E-state index in [1.54, 1.807) is 13.0 Å². The van der Waals surface area contributed by atoms with Crippen molar-refractivity contribution in [2.24, 2.45) is 4.99 Å². The van der Waals surface area contributed by atoms with Crippen LogP contribution in [0.15, 0.2) is 23.3 Å². The van der Waals surface area contributed by atoms with Gasteiger partial charge < -0.3 is 0 Å². The summed E-state index contributed by atoms with van der Waals surface area (Å²) in [5.41, 5.74) is 0.769. The first-order valence-corrected chi connectivity index (χ1v) is 4.01. The van der Waals surface area contributed by atoms with Crippen LogP contribution in [-0.2, 0) is 0 Å². The normalized spacial score (nSPS) is 13.1. The number of aliphatic imine (C=N–C) groups is 1. The Hall–Kier alpha value is -1.10. The van der Waals surface area contributed by atoms with Gasteiger partial charge in [0.15, 0.2) is 5.82 Å². The third-order valence-corrected chi connectivity index (χ3v) is 1.65. The van der Waals surface area contributed by atoms with E-state index in [1.807, 2.05) is 0 Å². The number of hydrogen-bond acceptors (Lipinski definition) is 2. The van der Waals surface area contributed by atoms with E-state index in [2.05, 4.69) is 9.98 Å². The summed E-state index contributed by atoms with van der Waals surface area (Å²) in [5.74, 6) is -0.0488. The highest BCUT2D eigenvalue weighted by Gasteiger charge is 2.34. The summed E-state index contributed by atoms with van der Waals surface area (Å²) >= 11 is 4.93. The molecule has 1 aromatic rings. The molecular weight excluding hydrogens is 217 g/mol. The Morgan fingerprint density at radius 2 is 2.14 bits per heavy atom. The Morgan fingerprint density at radius 1 is 1.50 bits per heavy atom. The number of aryl methyl sites for hydroxylation is 1. The Morgan fingerprint density at radius 3 is 2.64 bits per heavy atom. The summed E-state index contributed by atoms with van der Waals surface area (Å²) in [7, 11) is 0. The molecule has 0 bridgehead atoms. The van der Waals surface area contributed by atoms with Gasteiger partial charge in [-0.1, -0.05) is 11.6 Å². The van der Waals surface area contributed by atoms with Crippen molar-refractivity contribution < 1.29 is 13.2 Å². The van der Waals surface area contributed by atoms with Crippen LogP contribution in [0, 0.1) is 6.92 Å². The fraction of sp³-hybridized carbons (Fsp3) is 0.250. The van der Waals surface area contributed by atoms with Crippen molar-refractivity contribution in [1.29, 1.82) is 0 Å². The van der Waals surface area contributed by atoms with E-state index in [1.165, 1.54) is 12.3 Å². The monoisotopic (exact) mass is 222 g/mol. The third-order valence-electron chi connectivity index (χ3n) is 1.35. The molecule has 0 N–H and O–H groups in total. The van der Waals surface area contributed by atoms with Gasteiger partial charge in [0, 0.05) is 6.20 Å². The minimum atomic E-state index is -4.62. The number of nitrogens with zero attached hydrogens (tertiary/aromatic N) is 2. The second kappa shape index (κ2) is 3.96. The van der Waals surface area contributed by atoms with Crippen molar-refractivity contribution >= 4 is 22.6 Å². The molecule has 0 fully saturated rings. The molecular formula is C8H6ClF3N2. The van der Waals surface area contributed by atoms with Crippen LogP contribution >= 0.6 is 11.6 Å². The van der Waals surface area contributed by atoms with E-state index < -0.39 is 11.3 Å². The molecule has 6 heteroatoms. The van der Waals surface area contributed by atoms with E-state index in [0.29, 0.717) is 0 Å². The lowest BCUT2D eigenvalue weighted by atomic mass is 10.3. The van der Waals surface area contributed by atoms with E-state index in [-0.39, 0.29) is 5.82 Å². The lowest BCUT2D eigenvalue weighted by Gasteiger charge is -2.02. The van der Waals surface area contributed by atoms with Gasteiger partial charge in [0.1, 0.15) is 0 Å². The minimum absolute atomic E-state index is 0.0488. The van der Waals surface area contributed by atoms with Crippen LogP contribution < -0.4 is 0 Å². The van der Waals surface area contributed by atoms with Crippen molar-refractivity contribution in [1.82, 2.24) is 4.98 Å². The molecule has 0 aliphatic heterocycles. The van der Waals surface area contributed by atoms with E-state index in [4.69, 9.17) is 11.6 Å². The van der Waals surface area contributed by atoms with Crippen LogP contribution in [0.1, 0.15) is 5.56 Å². The lowest BCUT2D eigenvalue weighted by Crippen LogP contribution is -2.16. The highest BCUT2D eigenvalue weighted by molar-refractivity contribution is 6.67. The molecule has 0 unspecified atom stereocenters. The molecule has 14 heavy (non-hydrogen) atoms. The molecule has 1 aromatic heterocycles. The topological polar surface area (TPSA) is 25.2 Å². The van der Waals surface area contributed by atoms with E-state index >= 15 is 0 Å². The number of pyridine rings is 1. The van der Waals surface area contributed by atoms with Crippen molar-refractivity contribution in [3.63, 3.8) is 0 Å². The van der Waals surface area contributed by atoms with Gasteiger partial charge >= 0.3 is 6.18 Å². The van der Waals surface area contributed by atoms with Crippen molar-refractivity contribution in [2.45, 2.75) is 13.1 Å². The maximum absolute atomic E-state index is 11.9. The second-order valence-corrected chi connectivity index (χ2v) is 2.95. The quantitative estimate of drug-likeness (QED) is 0.670. The molecule has 0 radical (unpaired) electrons. The molecule has 0 aliphatic rings. The first-order valence-electron chi connectivity index (χ1n) is 3.63. The fourth-order valence-corrected chi connectivity index (χ4v) is 0.832. The first kappa shape index (κ1) is 11.0. The number of alkyl halides is 3. The molecule has 2 nitrogen and oxygen atoms in total. The summed E-state index contributed by atoms with van der Waals surface area (Å²) in [6.07, 6.45) is -3.25. The van der Waals surface area contributed by atoms with Crippen LogP contribution in [0.5, 0.6) is 0 Å². The van der Waals surface area contributed by atoms with E-state index in [9.17, 15) is 13.2 Å². The first-order chi connectivity index (χ1) is 6.39. The molecule has 0 amide bonds. The molecule has 1 heterocycles. The van der Waals surface area contributed by atoms with Crippen molar-refractivity contribution in [2.75, 3.05) is 0 Å². The van der Waals surface area contributed by atoms with Crippen molar-refractivity contribution in [3.8, 4) is 0 Å². The number of aromatic nitrogens is 1. The smallest absolute Gasteiger partial charge is 0.237 e. The van der Waals surface area contributed by atoms with Gasteiger partial charge in [0.25, 0.3) is 0 Å². The summed E-state index contributed by atoms with van der Waals surface area (Å²) in [6.45, 7) is 1.72. The fourth-order valence-electron chi connectivity index (χ4n) is 0.745. The molecule has 0 saturated carbocycles. The maximum atomic E-state index is 11.9. The van der Waals surface area contributed by atoms with Crippen LogP contribution in [0.25, 0.3) is 0 Å². The zero-order chi connectivity index (χ0) is 10.8. The zero-order valence-corrected chi connectivity index (χ0v) is 7.89. The molecule has 0 saturated heterocycles. The van der Waals surface area contributed by atoms with Crippen LogP contribution in [0.3, 0.4) is 0 Å². The number of rotatable bonds is 1. The molecule has 0 aromatic carbocycles. The summed E-state index contributed by atoms with van der Waals surface area (Å²) in [4.78, 5) is 6.76. The van der Waals surface area contributed by atoms with Crippen molar-refractivity contribution in [3.05, 3.63) is 23.9 Å². The Balaban J connectivity index is 2.98. The average Bonchev–Trinajstić information content (AvgIpc) is 2.02. The maximum Gasteiger partial charge on any atom is 0.444 e. The highest BCUT2D eigenvalue weighted by atomic mass is 35.5. The van der Waals surface area contributed by atoms with Gasteiger partial charge in [-0.3, -0.25) is 0 Å². The minimum Gasteiger partial charge on any atom is -0.237 e. The summed E-state index contributed by atoms with van der Waals surface area (Å²) in [6, 6.07) is 3.06. The Bertz CT molecular complexity index is 360. The van der Waals surface area contributed by atoms with E-state index in [0.717, 1.165) is 5.56 Å². The van der Waals surface area contributed by atoms with Crippen LogP contribution in [-0.4, -0.2) is 16.3 Å². The average molecular weight is 223 g/mol. The van der Waals surface area contributed by atoms with Gasteiger partial charge in [-0.2, -0.15) is 13.2 Å². The highest BCUT2D eigenvalue weighted by Crippen LogP contribution is 2.22. The Labute approximate surface area is 83.4 Å². The molecule has 0 aliphatic carbocycles. The molecule has 1 rings (SSSR count). The largest absolute Gasteiger partial charge is 0.444 e. The predicted octanol–water partition coefficient (Wildman–Crippen LogP) is 3.22. The predicted molar refractivity (Wildman–Crippen MR) is 48.0 cm³/mol.